The molecule has 3 aromatic rings. The second-order valence-corrected chi connectivity index (χ2v) is 10.1. The number of rotatable bonds is 6. The highest BCUT2D eigenvalue weighted by Gasteiger charge is 2.27. The fraction of sp³-hybridized carbons (Fsp3) is 0.207. The SMILES string of the molecule is C=C/C=C\C.OP(Oc1ccccc1)N1CCN(CC2=Nc3ccccc3Oc3ccc(Cl)cc32)CC1. The van der Waals surface area contributed by atoms with Gasteiger partial charge in [-0.05, 0) is 49.4 Å². The molecule has 192 valence electrons. The average Bonchev–Trinajstić information content (AvgIpc) is 3.07. The van der Waals surface area contributed by atoms with Gasteiger partial charge < -0.3 is 14.2 Å². The van der Waals surface area contributed by atoms with Crippen LogP contribution in [0.15, 0.2) is 103 Å². The van der Waals surface area contributed by atoms with E-state index in [0.29, 0.717) is 17.3 Å². The summed E-state index contributed by atoms with van der Waals surface area (Å²) in [6.45, 7) is 9.13. The lowest BCUT2D eigenvalue weighted by Crippen LogP contribution is -2.46. The van der Waals surface area contributed by atoms with Gasteiger partial charge in [0.05, 0.1) is 5.71 Å². The topological polar surface area (TPSA) is 57.5 Å². The molecule has 1 atom stereocenters. The second kappa shape index (κ2) is 13.5. The fourth-order valence-electron chi connectivity index (χ4n) is 3.94. The summed E-state index contributed by atoms with van der Waals surface area (Å²) >= 11 is 6.30. The van der Waals surface area contributed by atoms with Gasteiger partial charge in [-0.1, -0.05) is 66.7 Å². The number of fused-ring (bicyclic) bond motifs is 2. The number of para-hydroxylation sites is 3. The number of aliphatic imine (C=N–C) groups is 1. The minimum atomic E-state index is -1.66. The minimum absolute atomic E-state index is 0.653. The first-order valence-electron chi connectivity index (χ1n) is 12.1. The van der Waals surface area contributed by atoms with Gasteiger partial charge in [-0.15, -0.1) is 0 Å². The smallest absolute Gasteiger partial charge is 0.318 e. The zero-order chi connectivity index (χ0) is 26.0. The largest absolute Gasteiger partial charge is 0.454 e. The molecule has 0 spiro atoms. The Morgan fingerprint density at radius 1 is 1.03 bits per heavy atom. The average molecular weight is 536 g/mol. The van der Waals surface area contributed by atoms with E-state index in [1.165, 1.54) is 0 Å². The van der Waals surface area contributed by atoms with Crippen molar-refractivity contribution in [2.45, 2.75) is 6.92 Å². The molecule has 1 fully saturated rings. The molecule has 2 heterocycles. The van der Waals surface area contributed by atoms with Crippen LogP contribution in [0.2, 0.25) is 5.02 Å². The van der Waals surface area contributed by atoms with Crippen LogP contribution < -0.4 is 9.26 Å². The van der Waals surface area contributed by atoms with Gasteiger partial charge in [-0.25, -0.2) is 9.66 Å². The third-order valence-electron chi connectivity index (χ3n) is 5.82. The third-order valence-corrected chi connectivity index (χ3v) is 7.31. The first-order chi connectivity index (χ1) is 18.1. The highest BCUT2D eigenvalue weighted by Crippen LogP contribution is 2.40. The molecule has 2 aliphatic heterocycles. The van der Waals surface area contributed by atoms with Crippen LogP contribution in [-0.4, -0.2) is 52.9 Å². The summed E-state index contributed by atoms with van der Waals surface area (Å²) in [5, 5.41) is 0.653. The first kappa shape index (κ1) is 27.1. The van der Waals surface area contributed by atoms with Crippen molar-refractivity contribution in [1.29, 1.82) is 0 Å². The molecule has 3 aromatic carbocycles. The van der Waals surface area contributed by atoms with E-state index in [0.717, 1.165) is 54.6 Å². The maximum Gasteiger partial charge on any atom is 0.318 e. The van der Waals surface area contributed by atoms with Crippen molar-refractivity contribution in [3.63, 3.8) is 0 Å². The molecule has 6 nitrogen and oxygen atoms in total. The summed E-state index contributed by atoms with van der Waals surface area (Å²) in [5.41, 5.74) is 2.64. The van der Waals surface area contributed by atoms with Gasteiger partial charge in [0, 0.05) is 43.3 Å². The van der Waals surface area contributed by atoms with Gasteiger partial charge in [-0.2, -0.15) is 0 Å². The molecule has 8 heteroatoms. The predicted molar refractivity (Wildman–Crippen MR) is 153 cm³/mol. The van der Waals surface area contributed by atoms with Crippen LogP contribution in [0.1, 0.15) is 12.5 Å². The van der Waals surface area contributed by atoms with Crippen molar-refractivity contribution in [3.8, 4) is 17.2 Å². The summed E-state index contributed by atoms with van der Waals surface area (Å²) in [6, 6.07) is 22.9. The number of piperazine rings is 1. The van der Waals surface area contributed by atoms with Crippen molar-refractivity contribution in [2.75, 3.05) is 32.7 Å². The molecular formula is C29H31ClN3O3P. The first-order valence-corrected chi connectivity index (χ1v) is 13.7. The van der Waals surface area contributed by atoms with E-state index in [1.807, 2.05) is 96.5 Å². The number of halogens is 1. The van der Waals surface area contributed by atoms with Crippen molar-refractivity contribution >= 4 is 31.5 Å². The normalized spacial score (nSPS) is 16.2. The van der Waals surface area contributed by atoms with Crippen molar-refractivity contribution in [1.82, 2.24) is 9.57 Å². The van der Waals surface area contributed by atoms with E-state index >= 15 is 0 Å². The lowest BCUT2D eigenvalue weighted by Gasteiger charge is -2.35. The molecule has 0 aliphatic carbocycles. The van der Waals surface area contributed by atoms with Gasteiger partial charge in [0.15, 0.2) is 5.75 Å². The summed E-state index contributed by atoms with van der Waals surface area (Å²) in [6.07, 6.45) is 5.58. The Balaban J connectivity index is 0.000000586. The number of hydrogen-bond donors (Lipinski definition) is 1. The Hall–Kier alpha value is -2.99. The van der Waals surface area contributed by atoms with Crippen molar-refractivity contribution in [2.24, 2.45) is 4.99 Å². The number of hydrogen-bond acceptors (Lipinski definition) is 6. The van der Waals surface area contributed by atoms with E-state index in [4.69, 9.17) is 25.9 Å². The van der Waals surface area contributed by atoms with Crippen LogP contribution in [0, 0.1) is 0 Å². The van der Waals surface area contributed by atoms with Crippen molar-refractivity contribution in [3.05, 3.63) is 108 Å². The molecule has 5 rings (SSSR count). The Kier molecular flexibility index (Phi) is 9.89. The van der Waals surface area contributed by atoms with E-state index in [1.54, 1.807) is 6.08 Å². The molecule has 0 aromatic heterocycles. The molecule has 2 aliphatic rings. The monoisotopic (exact) mass is 535 g/mol. The number of benzene rings is 3. The molecule has 1 unspecified atom stereocenters. The van der Waals surface area contributed by atoms with Crippen molar-refractivity contribution < 1.29 is 14.2 Å². The standard InChI is InChI=1S/C24H23ClN3O3P.C5H8/c25-18-10-11-23-20(16-18)22(26-21-8-4-5-9-24(21)30-23)17-27-12-14-28(15-13-27)32(29)31-19-6-2-1-3-7-19;1-3-5-4-2/h1-11,16,29H,12-15,17H2;3-5H,1H2,2H3/b;5-4-. The highest BCUT2D eigenvalue weighted by atomic mass is 35.5. The van der Waals surface area contributed by atoms with Crippen LogP contribution in [0.25, 0.3) is 0 Å². The van der Waals surface area contributed by atoms with Crippen LogP contribution in [-0.2, 0) is 0 Å². The molecule has 1 saturated heterocycles. The van der Waals surface area contributed by atoms with E-state index in [2.05, 4.69) is 11.5 Å². The van der Waals surface area contributed by atoms with E-state index in [9.17, 15) is 4.89 Å². The quantitative estimate of drug-likeness (QED) is 0.266. The minimum Gasteiger partial charge on any atom is -0.454 e. The molecule has 0 bridgehead atoms. The lowest BCUT2D eigenvalue weighted by molar-refractivity contribution is 0.196. The van der Waals surface area contributed by atoms with Gasteiger partial charge in [-0.3, -0.25) is 4.90 Å². The third kappa shape index (κ3) is 7.51. The second-order valence-electron chi connectivity index (χ2n) is 8.42. The Morgan fingerprint density at radius 2 is 1.76 bits per heavy atom. The lowest BCUT2D eigenvalue weighted by atomic mass is 10.1. The summed E-state index contributed by atoms with van der Waals surface area (Å²) in [7, 11) is -1.66. The Labute approximate surface area is 225 Å². The fourth-order valence-corrected chi connectivity index (χ4v) is 5.06. The highest BCUT2D eigenvalue weighted by molar-refractivity contribution is 7.43. The molecule has 0 saturated carbocycles. The maximum absolute atomic E-state index is 10.5. The van der Waals surface area contributed by atoms with Crippen LogP contribution >= 0.6 is 20.1 Å². The Bertz CT molecular complexity index is 1240. The van der Waals surface area contributed by atoms with Gasteiger partial charge in [0.25, 0.3) is 0 Å². The predicted octanol–water partition coefficient (Wildman–Crippen LogP) is 7.23. The molecule has 0 amide bonds. The summed E-state index contributed by atoms with van der Waals surface area (Å²) in [4.78, 5) is 17.8. The van der Waals surface area contributed by atoms with Crippen LogP contribution in [0.4, 0.5) is 5.69 Å². The summed E-state index contributed by atoms with van der Waals surface area (Å²) in [5.74, 6) is 2.18. The summed E-state index contributed by atoms with van der Waals surface area (Å²) < 4.78 is 13.9. The molecular weight excluding hydrogens is 505 g/mol. The van der Waals surface area contributed by atoms with E-state index < -0.39 is 8.53 Å². The molecule has 0 radical (unpaired) electrons. The van der Waals surface area contributed by atoms with E-state index in [-0.39, 0.29) is 0 Å². The zero-order valence-corrected chi connectivity index (χ0v) is 22.5. The number of allylic oxidation sites excluding steroid dienone is 3. The van der Waals surface area contributed by atoms with Gasteiger partial charge >= 0.3 is 8.53 Å². The van der Waals surface area contributed by atoms with Crippen LogP contribution in [0.5, 0.6) is 17.2 Å². The zero-order valence-electron chi connectivity index (χ0n) is 20.8. The number of ether oxygens (including phenoxy) is 1. The van der Waals surface area contributed by atoms with Gasteiger partial charge in [0.1, 0.15) is 17.2 Å². The molecule has 37 heavy (non-hydrogen) atoms. The van der Waals surface area contributed by atoms with Crippen LogP contribution in [0.3, 0.4) is 0 Å². The Morgan fingerprint density at radius 3 is 2.46 bits per heavy atom. The number of nitrogens with zero attached hydrogens (tertiary/aromatic N) is 3. The molecule has 1 N–H and O–H groups in total. The maximum atomic E-state index is 10.5. The van der Waals surface area contributed by atoms with Gasteiger partial charge in [0.2, 0.25) is 0 Å².